The van der Waals surface area contributed by atoms with Gasteiger partial charge in [-0.25, -0.2) is 9.67 Å². The summed E-state index contributed by atoms with van der Waals surface area (Å²) in [4.78, 5) is 4.17. The van der Waals surface area contributed by atoms with E-state index in [0.717, 1.165) is 0 Å². The van der Waals surface area contributed by atoms with Crippen molar-refractivity contribution in [1.82, 2.24) is 19.3 Å². The third-order valence-electron chi connectivity index (χ3n) is 2.75. The molecule has 0 atom stereocenters. The van der Waals surface area contributed by atoms with Crippen molar-refractivity contribution in [1.29, 1.82) is 0 Å². The van der Waals surface area contributed by atoms with Gasteiger partial charge in [0.25, 0.3) is 0 Å². The summed E-state index contributed by atoms with van der Waals surface area (Å²) in [5, 5.41) is 4.16. The topological polar surface area (TPSA) is 61.7 Å². The van der Waals surface area contributed by atoms with E-state index in [1.165, 1.54) is 18.5 Å². The largest absolute Gasteiger partial charge is 0.384 e. The van der Waals surface area contributed by atoms with Gasteiger partial charge in [0.15, 0.2) is 0 Å². The van der Waals surface area contributed by atoms with Gasteiger partial charge in [0, 0.05) is 6.04 Å². The molecule has 1 saturated carbocycles. The van der Waals surface area contributed by atoms with Crippen LogP contribution >= 0.6 is 0 Å². The summed E-state index contributed by atoms with van der Waals surface area (Å²) in [5.41, 5.74) is 6.94. The molecule has 2 heterocycles. The lowest BCUT2D eigenvalue weighted by Crippen LogP contribution is -2.09. The normalized spacial score (nSPS) is 15.7. The highest BCUT2D eigenvalue weighted by Crippen LogP contribution is 2.35. The second-order valence-corrected chi connectivity index (χ2v) is 3.94. The van der Waals surface area contributed by atoms with Crippen LogP contribution in [0.1, 0.15) is 24.6 Å². The molecule has 0 unspecified atom stereocenters. The Morgan fingerprint density at radius 2 is 2.33 bits per heavy atom. The maximum Gasteiger partial charge on any atom is 0.122 e. The van der Waals surface area contributed by atoms with Crippen molar-refractivity contribution in [2.75, 3.05) is 5.73 Å². The molecule has 0 spiro atoms. The number of anilines is 1. The van der Waals surface area contributed by atoms with Gasteiger partial charge in [-0.05, 0) is 18.9 Å². The molecule has 78 valence electrons. The van der Waals surface area contributed by atoms with Gasteiger partial charge in [0.05, 0.1) is 31.0 Å². The van der Waals surface area contributed by atoms with E-state index in [4.69, 9.17) is 5.73 Å². The predicted octanol–water partition coefficient (Wildman–Crippen LogP) is 1.04. The van der Waals surface area contributed by atoms with Gasteiger partial charge in [-0.1, -0.05) is 0 Å². The van der Waals surface area contributed by atoms with Crippen LogP contribution in [-0.4, -0.2) is 19.3 Å². The second kappa shape index (κ2) is 3.12. The molecular formula is C10H13N5. The van der Waals surface area contributed by atoms with Gasteiger partial charge in [0.1, 0.15) is 5.82 Å². The molecule has 5 nitrogen and oxygen atoms in total. The molecule has 15 heavy (non-hydrogen) atoms. The molecule has 2 N–H and O–H groups in total. The van der Waals surface area contributed by atoms with E-state index in [2.05, 4.69) is 14.6 Å². The maximum atomic E-state index is 5.77. The lowest BCUT2D eigenvalue weighted by molar-refractivity contribution is 0.621. The summed E-state index contributed by atoms with van der Waals surface area (Å²) in [6.07, 6.45) is 8.02. The zero-order chi connectivity index (χ0) is 10.3. The highest BCUT2D eigenvalue weighted by Gasteiger charge is 2.25. The van der Waals surface area contributed by atoms with Gasteiger partial charge in [-0.3, -0.25) is 0 Å². The molecule has 0 saturated heterocycles. The maximum absolute atomic E-state index is 5.77. The third-order valence-corrected chi connectivity index (χ3v) is 2.75. The molecule has 2 aromatic rings. The van der Waals surface area contributed by atoms with Gasteiger partial charge in [-0.15, -0.1) is 0 Å². The Labute approximate surface area is 87.5 Å². The van der Waals surface area contributed by atoms with Crippen LogP contribution < -0.4 is 5.73 Å². The summed E-state index contributed by atoms with van der Waals surface area (Å²) in [6, 6.07) is 2.46. The molecule has 1 fully saturated rings. The lowest BCUT2D eigenvalue weighted by atomic mass is 10.4. The third kappa shape index (κ3) is 1.49. The lowest BCUT2D eigenvalue weighted by Gasteiger charge is -2.07. The minimum atomic E-state index is 0.652. The number of nitrogens with zero attached hydrogens (tertiary/aromatic N) is 4. The summed E-state index contributed by atoms with van der Waals surface area (Å²) < 4.78 is 4.01. The Bertz CT molecular complexity index is 466. The Balaban J connectivity index is 1.87. The van der Waals surface area contributed by atoms with E-state index in [0.29, 0.717) is 18.4 Å². The standard InChI is InChI=1S/C10H13N5/c11-10-3-4-13-15(10)6-9-5-12-7-14(9)8-1-2-8/h3-5,7-8H,1-2,6,11H2. The molecule has 2 aromatic heterocycles. The van der Waals surface area contributed by atoms with Crippen LogP contribution in [0.15, 0.2) is 24.8 Å². The molecule has 1 aliphatic rings. The van der Waals surface area contributed by atoms with Crippen molar-refractivity contribution in [3.05, 3.63) is 30.5 Å². The Kier molecular flexibility index (Phi) is 1.77. The smallest absolute Gasteiger partial charge is 0.122 e. The molecule has 3 rings (SSSR count). The highest BCUT2D eigenvalue weighted by atomic mass is 15.3. The van der Waals surface area contributed by atoms with Gasteiger partial charge >= 0.3 is 0 Å². The Hall–Kier alpha value is -1.78. The number of hydrogen-bond acceptors (Lipinski definition) is 3. The van der Waals surface area contributed by atoms with Crippen molar-refractivity contribution in [2.45, 2.75) is 25.4 Å². The van der Waals surface area contributed by atoms with Crippen LogP contribution in [-0.2, 0) is 6.54 Å². The molecule has 0 amide bonds. The van der Waals surface area contributed by atoms with Crippen LogP contribution in [0.5, 0.6) is 0 Å². The van der Waals surface area contributed by atoms with Crippen LogP contribution in [0.25, 0.3) is 0 Å². The van der Waals surface area contributed by atoms with E-state index in [9.17, 15) is 0 Å². The van der Waals surface area contributed by atoms with E-state index in [1.54, 1.807) is 16.9 Å². The number of nitrogens with two attached hydrogens (primary N) is 1. The van der Waals surface area contributed by atoms with Gasteiger partial charge < -0.3 is 10.3 Å². The molecule has 0 bridgehead atoms. The molecule has 0 radical (unpaired) electrons. The van der Waals surface area contributed by atoms with E-state index in [1.807, 2.05) is 12.5 Å². The number of rotatable bonds is 3. The summed E-state index contributed by atoms with van der Waals surface area (Å²) >= 11 is 0. The predicted molar refractivity (Wildman–Crippen MR) is 56.2 cm³/mol. The van der Waals surface area contributed by atoms with Crippen molar-refractivity contribution < 1.29 is 0 Å². The monoisotopic (exact) mass is 203 g/mol. The van der Waals surface area contributed by atoms with Gasteiger partial charge in [0.2, 0.25) is 0 Å². The second-order valence-electron chi connectivity index (χ2n) is 3.94. The first-order valence-corrected chi connectivity index (χ1v) is 5.12. The fourth-order valence-corrected chi connectivity index (χ4v) is 1.76. The molecular weight excluding hydrogens is 190 g/mol. The molecule has 0 aromatic carbocycles. The summed E-state index contributed by atoms with van der Waals surface area (Å²) in [6.45, 7) is 0.704. The fourth-order valence-electron chi connectivity index (χ4n) is 1.76. The first-order chi connectivity index (χ1) is 7.34. The van der Waals surface area contributed by atoms with Crippen LogP contribution in [0.2, 0.25) is 0 Å². The van der Waals surface area contributed by atoms with Crippen molar-refractivity contribution in [3.8, 4) is 0 Å². The van der Waals surface area contributed by atoms with E-state index < -0.39 is 0 Å². The minimum Gasteiger partial charge on any atom is -0.384 e. The summed E-state index contributed by atoms with van der Waals surface area (Å²) in [7, 11) is 0. The highest BCUT2D eigenvalue weighted by molar-refractivity contribution is 5.26. The van der Waals surface area contributed by atoms with Crippen LogP contribution in [0, 0.1) is 0 Å². The van der Waals surface area contributed by atoms with Crippen molar-refractivity contribution in [3.63, 3.8) is 0 Å². The van der Waals surface area contributed by atoms with E-state index in [-0.39, 0.29) is 0 Å². The number of aromatic nitrogens is 4. The van der Waals surface area contributed by atoms with Crippen molar-refractivity contribution in [2.24, 2.45) is 0 Å². The zero-order valence-corrected chi connectivity index (χ0v) is 8.37. The minimum absolute atomic E-state index is 0.652. The summed E-state index contributed by atoms with van der Waals surface area (Å²) in [5.74, 6) is 0.693. The number of hydrogen-bond donors (Lipinski definition) is 1. The quantitative estimate of drug-likeness (QED) is 0.810. The van der Waals surface area contributed by atoms with E-state index >= 15 is 0 Å². The van der Waals surface area contributed by atoms with Gasteiger partial charge in [-0.2, -0.15) is 5.10 Å². The molecule has 5 heteroatoms. The number of imidazole rings is 1. The van der Waals surface area contributed by atoms with Crippen LogP contribution in [0.4, 0.5) is 5.82 Å². The molecule has 0 aliphatic heterocycles. The SMILES string of the molecule is Nc1ccnn1Cc1cncn1C1CC1. The fraction of sp³-hybridized carbons (Fsp3) is 0.400. The number of nitrogen functional groups attached to an aromatic ring is 1. The molecule has 1 aliphatic carbocycles. The average Bonchev–Trinajstić information content (AvgIpc) is 2.85. The first-order valence-electron chi connectivity index (χ1n) is 5.12. The van der Waals surface area contributed by atoms with Crippen molar-refractivity contribution >= 4 is 5.82 Å². The Morgan fingerprint density at radius 3 is 3.00 bits per heavy atom. The Morgan fingerprint density at radius 1 is 1.47 bits per heavy atom. The first kappa shape index (κ1) is 8.52. The van der Waals surface area contributed by atoms with Crippen LogP contribution in [0.3, 0.4) is 0 Å². The zero-order valence-electron chi connectivity index (χ0n) is 8.37. The average molecular weight is 203 g/mol.